The average molecular weight is 561 g/mol. The Hall–Kier alpha value is -3.14. The number of anilines is 2. The Morgan fingerprint density at radius 3 is 2.30 bits per heavy atom. The van der Waals surface area contributed by atoms with Crippen molar-refractivity contribution in [3.8, 4) is 5.69 Å². The van der Waals surface area contributed by atoms with E-state index in [0.717, 1.165) is 21.3 Å². The number of carbonyl (C=O) groups excluding carboxylic acids is 1. The van der Waals surface area contributed by atoms with Crippen molar-refractivity contribution in [1.82, 2.24) is 9.55 Å². The Kier molecular flexibility index (Phi) is 6.29. The number of nitrogens with zero attached hydrogens (tertiary/aromatic N) is 3. The Morgan fingerprint density at radius 1 is 0.970 bits per heavy atom. The number of carbonyl (C=O) groups is 1. The summed E-state index contributed by atoms with van der Waals surface area (Å²) in [5, 5.41) is 0. The summed E-state index contributed by atoms with van der Waals surface area (Å²) in [6.45, 7) is 3.68. The Balaban J connectivity index is 1.93. The van der Waals surface area contributed by atoms with Crippen LogP contribution >= 0.6 is 22.6 Å². The molecule has 4 rings (SSSR count). The van der Waals surface area contributed by atoms with Gasteiger partial charge in [-0.25, -0.2) is 4.98 Å². The van der Waals surface area contributed by atoms with Crippen molar-refractivity contribution in [2.24, 2.45) is 0 Å². The first-order valence-electron chi connectivity index (χ1n) is 10.0. The van der Waals surface area contributed by atoms with E-state index in [-0.39, 0.29) is 11.4 Å². The Morgan fingerprint density at radius 2 is 1.70 bits per heavy atom. The van der Waals surface area contributed by atoms with Crippen molar-refractivity contribution in [3.05, 3.63) is 105 Å². The molecule has 4 nitrogen and oxygen atoms in total. The second-order valence-electron chi connectivity index (χ2n) is 7.60. The highest BCUT2D eigenvalue weighted by atomic mass is 127. The molecule has 168 valence electrons. The lowest BCUT2D eigenvalue weighted by Gasteiger charge is -2.25. The zero-order valence-electron chi connectivity index (χ0n) is 17.8. The van der Waals surface area contributed by atoms with Gasteiger partial charge >= 0.3 is 6.18 Å². The van der Waals surface area contributed by atoms with Crippen LogP contribution in [0.1, 0.15) is 27.2 Å². The average Bonchev–Trinajstić information content (AvgIpc) is 3.22. The van der Waals surface area contributed by atoms with Gasteiger partial charge in [0.1, 0.15) is 0 Å². The number of halogens is 4. The molecule has 0 saturated carbocycles. The van der Waals surface area contributed by atoms with E-state index in [1.54, 1.807) is 61.7 Å². The Bertz CT molecular complexity index is 1320. The topological polar surface area (TPSA) is 38.1 Å². The molecular weight excluding hydrogens is 542 g/mol. The summed E-state index contributed by atoms with van der Waals surface area (Å²) < 4.78 is 43.9. The number of benzene rings is 3. The van der Waals surface area contributed by atoms with E-state index in [9.17, 15) is 18.0 Å². The smallest absolute Gasteiger partial charge is 0.306 e. The van der Waals surface area contributed by atoms with Crippen LogP contribution < -0.4 is 4.90 Å². The van der Waals surface area contributed by atoms with E-state index in [0.29, 0.717) is 16.9 Å². The largest absolute Gasteiger partial charge is 0.416 e. The highest BCUT2D eigenvalue weighted by Crippen LogP contribution is 2.37. The minimum Gasteiger partial charge on any atom is -0.306 e. The SMILES string of the molecule is Cc1cn(-c2cc(N(C(=O)c3ccc(C)c(I)c3)c3ccccc3)cc(C(F)(F)F)c2)cn1. The number of imidazole rings is 1. The minimum absolute atomic E-state index is 0.109. The number of rotatable bonds is 4. The first-order valence-corrected chi connectivity index (χ1v) is 11.1. The quantitative estimate of drug-likeness (QED) is 0.250. The molecule has 1 heterocycles. The number of aromatic nitrogens is 2. The molecular formula is C25H19F3IN3O. The molecule has 0 fully saturated rings. The number of para-hydroxylation sites is 1. The fraction of sp³-hybridized carbons (Fsp3) is 0.120. The van der Waals surface area contributed by atoms with Crippen LogP contribution in [0.5, 0.6) is 0 Å². The second kappa shape index (κ2) is 9.01. The maximum atomic E-state index is 13.8. The van der Waals surface area contributed by atoms with Gasteiger partial charge in [-0.2, -0.15) is 13.2 Å². The molecule has 1 aromatic heterocycles. The summed E-state index contributed by atoms with van der Waals surface area (Å²) in [4.78, 5) is 19.1. The molecule has 8 heteroatoms. The van der Waals surface area contributed by atoms with Crippen molar-refractivity contribution < 1.29 is 18.0 Å². The van der Waals surface area contributed by atoms with Crippen LogP contribution in [-0.4, -0.2) is 15.5 Å². The molecule has 0 unspecified atom stereocenters. The maximum Gasteiger partial charge on any atom is 0.416 e. The molecule has 0 bridgehead atoms. The molecule has 0 radical (unpaired) electrons. The van der Waals surface area contributed by atoms with E-state index in [2.05, 4.69) is 27.6 Å². The molecule has 0 atom stereocenters. The predicted molar refractivity (Wildman–Crippen MR) is 130 cm³/mol. The van der Waals surface area contributed by atoms with Gasteiger partial charge in [-0.3, -0.25) is 9.69 Å². The van der Waals surface area contributed by atoms with Gasteiger partial charge in [0.2, 0.25) is 0 Å². The first-order chi connectivity index (χ1) is 15.6. The summed E-state index contributed by atoms with van der Waals surface area (Å²) >= 11 is 2.14. The van der Waals surface area contributed by atoms with Gasteiger partial charge < -0.3 is 4.57 Å². The molecule has 4 aromatic rings. The monoisotopic (exact) mass is 561 g/mol. The van der Waals surface area contributed by atoms with Crippen LogP contribution in [0.3, 0.4) is 0 Å². The number of aryl methyl sites for hydroxylation is 2. The molecule has 3 aromatic carbocycles. The van der Waals surface area contributed by atoms with E-state index in [1.807, 2.05) is 13.0 Å². The third kappa shape index (κ3) is 4.95. The minimum atomic E-state index is -4.59. The van der Waals surface area contributed by atoms with Crippen molar-refractivity contribution in [1.29, 1.82) is 0 Å². The van der Waals surface area contributed by atoms with Crippen LogP contribution in [0.15, 0.2) is 79.3 Å². The third-order valence-corrected chi connectivity index (χ3v) is 6.30. The molecule has 33 heavy (non-hydrogen) atoms. The van der Waals surface area contributed by atoms with Crippen molar-refractivity contribution in [2.75, 3.05) is 4.90 Å². The summed E-state index contributed by atoms with van der Waals surface area (Å²) in [7, 11) is 0. The molecule has 0 aliphatic rings. The zero-order chi connectivity index (χ0) is 23.8. The molecule has 0 N–H and O–H groups in total. The summed E-state index contributed by atoms with van der Waals surface area (Å²) in [5.74, 6) is -0.425. The predicted octanol–water partition coefficient (Wildman–Crippen LogP) is 7.09. The van der Waals surface area contributed by atoms with Crippen LogP contribution in [-0.2, 0) is 6.18 Å². The summed E-state index contributed by atoms with van der Waals surface area (Å²) in [5.41, 5.74) is 2.03. The van der Waals surface area contributed by atoms with E-state index in [4.69, 9.17) is 0 Å². The lowest BCUT2D eigenvalue weighted by atomic mass is 10.1. The number of hydrogen-bond acceptors (Lipinski definition) is 2. The highest BCUT2D eigenvalue weighted by molar-refractivity contribution is 14.1. The van der Waals surface area contributed by atoms with E-state index < -0.39 is 17.6 Å². The molecule has 1 amide bonds. The number of hydrogen-bond donors (Lipinski definition) is 0. The van der Waals surface area contributed by atoms with Gasteiger partial charge in [0, 0.05) is 26.7 Å². The van der Waals surface area contributed by atoms with Gasteiger partial charge in [-0.1, -0.05) is 24.3 Å². The lowest BCUT2D eigenvalue weighted by molar-refractivity contribution is -0.137. The van der Waals surface area contributed by atoms with Gasteiger partial charge in [0.25, 0.3) is 5.91 Å². The van der Waals surface area contributed by atoms with Gasteiger partial charge in [0.05, 0.1) is 23.3 Å². The third-order valence-electron chi connectivity index (χ3n) is 5.13. The molecule has 0 saturated heterocycles. The fourth-order valence-electron chi connectivity index (χ4n) is 3.42. The van der Waals surface area contributed by atoms with Gasteiger partial charge in [-0.05, 0) is 84.5 Å². The Labute approximate surface area is 202 Å². The molecule has 0 aliphatic carbocycles. The van der Waals surface area contributed by atoms with Crippen molar-refractivity contribution in [3.63, 3.8) is 0 Å². The maximum absolute atomic E-state index is 13.8. The summed E-state index contributed by atoms with van der Waals surface area (Å²) in [6.07, 6.45) is -1.51. The van der Waals surface area contributed by atoms with Crippen LogP contribution in [0.4, 0.5) is 24.5 Å². The lowest BCUT2D eigenvalue weighted by Crippen LogP contribution is -2.26. The molecule has 0 aliphatic heterocycles. The summed E-state index contributed by atoms with van der Waals surface area (Å²) in [6, 6.07) is 17.5. The fourth-order valence-corrected chi connectivity index (χ4v) is 3.93. The van der Waals surface area contributed by atoms with Crippen LogP contribution in [0.25, 0.3) is 5.69 Å². The van der Waals surface area contributed by atoms with E-state index in [1.165, 1.54) is 15.8 Å². The van der Waals surface area contributed by atoms with E-state index >= 15 is 0 Å². The van der Waals surface area contributed by atoms with Gasteiger partial charge in [-0.15, -0.1) is 0 Å². The van der Waals surface area contributed by atoms with Crippen molar-refractivity contribution in [2.45, 2.75) is 20.0 Å². The standard InChI is InChI=1S/C25H19F3IN3O/c1-16-8-9-18(10-23(16)29)24(33)32(20-6-4-3-5-7-20)22-12-19(25(26,27)28)11-21(13-22)31-14-17(2)30-15-31/h3-15H,1-2H3. The zero-order valence-corrected chi connectivity index (χ0v) is 19.9. The van der Waals surface area contributed by atoms with Crippen molar-refractivity contribution >= 4 is 39.9 Å². The number of alkyl halides is 3. The highest BCUT2D eigenvalue weighted by Gasteiger charge is 2.33. The normalized spacial score (nSPS) is 11.5. The first kappa shape index (κ1) is 23.0. The second-order valence-corrected chi connectivity index (χ2v) is 8.76. The molecule has 0 spiro atoms. The van der Waals surface area contributed by atoms with Crippen LogP contribution in [0, 0.1) is 17.4 Å². The van der Waals surface area contributed by atoms with Gasteiger partial charge in [0.15, 0.2) is 0 Å². The van der Waals surface area contributed by atoms with Crippen LogP contribution in [0.2, 0.25) is 0 Å². The number of amides is 1.